The van der Waals surface area contributed by atoms with Gasteiger partial charge >= 0.3 is 6.03 Å². The third-order valence-electron chi connectivity index (χ3n) is 3.38. The minimum Gasteiger partial charge on any atom is -0.490 e. The van der Waals surface area contributed by atoms with E-state index >= 15 is 0 Å². The van der Waals surface area contributed by atoms with Crippen LogP contribution in [0.2, 0.25) is 5.02 Å². The second-order valence-electron chi connectivity index (χ2n) is 5.31. The van der Waals surface area contributed by atoms with Gasteiger partial charge in [-0.25, -0.2) is 4.79 Å². The lowest BCUT2D eigenvalue weighted by molar-refractivity contribution is 0.233. The SMILES string of the molecule is Cc1ccc(Cl)c(OCCNC(=O)NC(C)c2ccccc2)c1. The minimum absolute atomic E-state index is 0.0525. The summed E-state index contributed by atoms with van der Waals surface area (Å²) >= 11 is 6.05. The fourth-order valence-corrected chi connectivity index (χ4v) is 2.29. The molecule has 122 valence electrons. The number of rotatable bonds is 6. The summed E-state index contributed by atoms with van der Waals surface area (Å²) < 4.78 is 5.58. The zero-order chi connectivity index (χ0) is 16.7. The van der Waals surface area contributed by atoms with Gasteiger partial charge in [0.15, 0.2) is 0 Å². The molecular formula is C18H21ClN2O2. The van der Waals surface area contributed by atoms with E-state index in [1.807, 2.05) is 56.3 Å². The van der Waals surface area contributed by atoms with Crippen molar-refractivity contribution in [3.63, 3.8) is 0 Å². The van der Waals surface area contributed by atoms with Crippen LogP contribution in [0.4, 0.5) is 4.79 Å². The number of hydrogen-bond acceptors (Lipinski definition) is 2. The monoisotopic (exact) mass is 332 g/mol. The van der Waals surface area contributed by atoms with Crippen molar-refractivity contribution >= 4 is 17.6 Å². The summed E-state index contributed by atoms with van der Waals surface area (Å²) in [6.45, 7) is 4.67. The largest absolute Gasteiger partial charge is 0.490 e. The predicted molar refractivity (Wildman–Crippen MR) is 93.1 cm³/mol. The van der Waals surface area contributed by atoms with E-state index in [0.29, 0.717) is 23.9 Å². The van der Waals surface area contributed by atoms with E-state index in [4.69, 9.17) is 16.3 Å². The zero-order valence-electron chi connectivity index (χ0n) is 13.3. The average molecular weight is 333 g/mol. The number of nitrogens with one attached hydrogen (secondary N) is 2. The molecule has 0 heterocycles. The van der Waals surface area contributed by atoms with Gasteiger partial charge in [-0.15, -0.1) is 0 Å². The van der Waals surface area contributed by atoms with Crippen LogP contribution in [0.25, 0.3) is 0 Å². The lowest BCUT2D eigenvalue weighted by atomic mass is 10.1. The number of urea groups is 1. The molecule has 0 fully saturated rings. The number of amides is 2. The molecule has 1 unspecified atom stereocenters. The first kappa shape index (κ1) is 17.2. The van der Waals surface area contributed by atoms with Crippen molar-refractivity contribution in [1.82, 2.24) is 10.6 Å². The lowest BCUT2D eigenvalue weighted by Crippen LogP contribution is -2.38. The van der Waals surface area contributed by atoms with Gasteiger partial charge in [0.1, 0.15) is 12.4 Å². The van der Waals surface area contributed by atoms with E-state index in [0.717, 1.165) is 11.1 Å². The fraction of sp³-hybridized carbons (Fsp3) is 0.278. The van der Waals surface area contributed by atoms with Crippen molar-refractivity contribution in [3.05, 3.63) is 64.7 Å². The first-order chi connectivity index (χ1) is 11.1. The molecule has 0 aliphatic heterocycles. The maximum absolute atomic E-state index is 11.9. The molecule has 2 aromatic rings. The number of benzene rings is 2. The Bertz CT molecular complexity index is 647. The Morgan fingerprint density at radius 1 is 1.22 bits per heavy atom. The highest BCUT2D eigenvalue weighted by Crippen LogP contribution is 2.24. The Hall–Kier alpha value is -2.20. The summed E-state index contributed by atoms with van der Waals surface area (Å²) in [6, 6.07) is 15.1. The van der Waals surface area contributed by atoms with Gasteiger partial charge in [-0.05, 0) is 37.1 Å². The van der Waals surface area contributed by atoms with Gasteiger partial charge in [0.2, 0.25) is 0 Å². The second kappa shape index (κ2) is 8.44. The summed E-state index contributed by atoms with van der Waals surface area (Å²) in [4.78, 5) is 11.9. The molecule has 0 bridgehead atoms. The summed E-state index contributed by atoms with van der Waals surface area (Å²) in [5.74, 6) is 0.631. The molecule has 2 N–H and O–H groups in total. The highest BCUT2D eigenvalue weighted by Gasteiger charge is 2.08. The van der Waals surface area contributed by atoms with Gasteiger partial charge in [-0.1, -0.05) is 48.0 Å². The molecular weight excluding hydrogens is 312 g/mol. The van der Waals surface area contributed by atoms with E-state index in [1.165, 1.54) is 0 Å². The first-order valence-corrected chi connectivity index (χ1v) is 7.92. The van der Waals surface area contributed by atoms with Crippen molar-refractivity contribution in [2.24, 2.45) is 0 Å². The molecule has 0 saturated heterocycles. The van der Waals surface area contributed by atoms with Crippen molar-refractivity contribution < 1.29 is 9.53 Å². The molecule has 0 radical (unpaired) electrons. The summed E-state index contributed by atoms with van der Waals surface area (Å²) in [6.07, 6.45) is 0. The van der Waals surface area contributed by atoms with E-state index in [-0.39, 0.29) is 12.1 Å². The van der Waals surface area contributed by atoms with Crippen LogP contribution >= 0.6 is 11.6 Å². The van der Waals surface area contributed by atoms with Crippen LogP contribution in [0.3, 0.4) is 0 Å². The summed E-state index contributed by atoms with van der Waals surface area (Å²) in [5, 5.41) is 6.22. The van der Waals surface area contributed by atoms with Gasteiger partial charge < -0.3 is 15.4 Å². The van der Waals surface area contributed by atoms with E-state index < -0.39 is 0 Å². The van der Waals surface area contributed by atoms with Crippen LogP contribution in [-0.2, 0) is 0 Å². The maximum Gasteiger partial charge on any atom is 0.315 e. The van der Waals surface area contributed by atoms with E-state index in [9.17, 15) is 4.79 Å². The van der Waals surface area contributed by atoms with Gasteiger partial charge in [-0.3, -0.25) is 0 Å². The van der Waals surface area contributed by atoms with E-state index in [2.05, 4.69) is 10.6 Å². The molecule has 1 atom stereocenters. The second-order valence-corrected chi connectivity index (χ2v) is 5.72. The highest BCUT2D eigenvalue weighted by atomic mass is 35.5. The number of hydrogen-bond donors (Lipinski definition) is 2. The van der Waals surface area contributed by atoms with E-state index in [1.54, 1.807) is 6.07 Å². The fourth-order valence-electron chi connectivity index (χ4n) is 2.12. The zero-order valence-corrected chi connectivity index (χ0v) is 14.1. The lowest BCUT2D eigenvalue weighted by Gasteiger charge is -2.15. The van der Waals surface area contributed by atoms with Gasteiger partial charge in [0.25, 0.3) is 0 Å². The van der Waals surface area contributed by atoms with Crippen LogP contribution in [0.15, 0.2) is 48.5 Å². The van der Waals surface area contributed by atoms with Crippen molar-refractivity contribution in [1.29, 1.82) is 0 Å². The highest BCUT2D eigenvalue weighted by molar-refractivity contribution is 6.32. The molecule has 0 saturated carbocycles. The summed E-state index contributed by atoms with van der Waals surface area (Å²) in [7, 11) is 0. The standard InChI is InChI=1S/C18H21ClN2O2/c1-13-8-9-16(19)17(12-13)23-11-10-20-18(22)21-14(2)15-6-4-3-5-7-15/h3-9,12,14H,10-11H2,1-2H3,(H2,20,21,22). The molecule has 4 nitrogen and oxygen atoms in total. The molecule has 5 heteroatoms. The maximum atomic E-state index is 11.9. The van der Waals surface area contributed by atoms with Gasteiger partial charge in [0, 0.05) is 0 Å². The topological polar surface area (TPSA) is 50.4 Å². The number of carbonyl (C=O) groups is 1. The molecule has 0 aliphatic rings. The number of carbonyl (C=O) groups excluding carboxylic acids is 1. The minimum atomic E-state index is -0.222. The molecule has 0 aromatic heterocycles. The number of aryl methyl sites for hydroxylation is 1. The number of ether oxygens (including phenoxy) is 1. The molecule has 23 heavy (non-hydrogen) atoms. The summed E-state index contributed by atoms with van der Waals surface area (Å²) in [5.41, 5.74) is 2.14. The first-order valence-electron chi connectivity index (χ1n) is 7.54. The Balaban J connectivity index is 1.72. The third-order valence-corrected chi connectivity index (χ3v) is 3.69. The quantitative estimate of drug-likeness (QED) is 0.783. The molecule has 0 spiro atoms. The van der Waals surface area contributed by atoms with Crippen molar-refractivity contribution in [2.45, 2.75) is 19.9 Å². The van der Waals surface area contributed by atoms with Crippen LogP contribution < -0.4 is 15.4 Å². The Morgan fingerprint density at radius 2 is 1.96 bits per heavy atom. The smallest absolute Gasteiger partial charge is 0.315 e. The van der Waals surface area contributed by atoms with Crippen LogP contribution in [0, 0.1) is 6.92 Å². The van der Waals surface area contributed by atoms with Gasteiger partial charge in [-0.2, -0.15) is 0 Å². The Morgan fingerprint density at radius 3 is 2.70 bits per heavy atom. The molecule has 2 rings (SSSR count). The normalized spacial score (nSPS) is 11.6. The van der Waals surface area contributed by atoms with Crippen molar-refractivity contribution in [2.75, 3.05) is 13.2 Å². The van der Waals surface area contributed by atoms with Crippen molar-refractivity contribution in [3.8, 4) is 5.75 Å². The van der Waals surface area contributed by atoms with Gasteiger partial charge in [0.05, 0.1) is 17.6 Å². The molecule has 0 aliphatic carbocycles. The number of halogens is 1. The Kier molecular flexibility index (Phi) is 6.29. The Labute approximate surface area is 141 Å². The third kappa shape index (κ3) is 5.49. The molecule has 2 amide bonds. The van der Waals surface area contributed by atoms with Crippen LogP contribution in [0.1, 0.15) is 24.1 Å². The predicted octanol–water partition coefficient (Wildman–Crippen LogP) is 4.09. The van der Waals surface area contributed by atoms with Crippen LogP contribution in [-0.4, -0.2) is 19.2 Å². The molecule has 2 aromatic carbocycles. The van der Waals surface area contributed by atoms with Crippen LogP contribution in [0.5, 0.6) is 5.75 Å². The average Bonchev–Trinajstić information content (AvgIpc) is 2.55.